The second-order valence-corrected chi connectivity index (χ2v) is 3.89. The van der Waals surface area contributed by atoms with E-state index in [4.69, 9.17) is 23.2 Å². The van der Waals surface area contributed by atoms with Gasteiger partial charge in [0, 0.05) is 10.7 Å². The summed E-state index contributed by atoms with van der Waals surface area (Å²) in [4.78, 5) is 0. The van der Waals surface area contributed by atoms with Crippen molar-refractivity contribution in [3.8, 4) is 0 Å². The second-order valence-electron chi connectivity index (χ2n) is 1.12. The largest absolute Gasteiger partial charge is 0.137 e. The molecule has 0 aliphatic carbocycles. The van der Waals surface area contributed by atoms with Crippen molar-refractivity contribution in [1.82, 2.24) is 0 Å². The molecule has 0 aliphatic heterocycles. The summed E-state index contributed by atoms with van der Waals surface area (Å²) in [5.74, 6) is 0. The minimum absolute atomic E-state index is 0.592. The van der Waals surface area contributed by atoms with Crippen molar-refractivity contribution in [1.29, 1.82) is 0 Å². The van der Waals surface area contributed by atoms with Gasteiger partial charge in [0.1, 0.15) is 4.33 Å². The summed E-state index contributed by atoms with van der Waals surface area (Å²) < 4.78 is -0.639. The molecule has 0 aliphatic rings. The van der Waals surface area contributed by atoms with E-state index in [0.29, 0.717) is 10.7 Å². The molecule has 0 fully saturated rings. The normalized spacial score (nSPS) is 12.0. The fraction of sp³-hybridized carbons (Fsp3) is 1.00. The zero-order valence-corrected chi connectivity index (χ0v) is 8.11. The Bertz CT molecular complexity index is 48.9. The molecular weight excluding hydrogens is 267 g/mol. The zero-order chi connectivity index (χ0) is 5.91. The van der Waals surface area contributed by atoms with Crippen LogP contribution in [-0.4, -0.2) is 15.0 Å². The van der Waals surface area contributed by atoms with Crippen LogP contribution in [0.2, 0.25) is 0 Å². The number of rotatable bonds is 2. The van der Waals surface area contributed by atoms with Crippen LogP contribution in [0.4, 0.5) is 0 Å². The van der Waals surface area contributed by atoms with Crippen LogP contribution in [0.25, 0.3) is 0 Å². The van der Waals surface area contributed by atoms with E-state index in [-0.39, 0.29) is 0 Å². The van der Waals surface area contributed by atoms with Crippen molar-refractivity contribution in [2.24, 2.45) is 0 Å². The van der Waals surface area contributed by atoms with Gasteiger partial charge >= 0.3 is 0 Å². The first kappa shape index (κ1) is 8.54. The molecule has 0 amide bonds. The highest BCUT2D eigenvalue weighted by atomic mass is 79.9. The van der Waals surface area contributed by atoms with Crippen molar-refractivity contribution >= 4 is 55.1 Å². The second kappa shape index (κ2) is 3.54. The van der Waals surface area contributed by atoms with Gasteiger partial charge in [0.2, 0.25) is 0 Å². The summed E-state index contributed by atoms with van der Waals surface area (Å²) in [5.41, 5.74) is 0. The molecule has 0 N–H and O–H groups in total. The Hall–Kier alpha value is 1.54. The van der Waals surface area contributed by atoms with Gasteiger partial charge < -0.3 is 0 Å². The molecular formula is C3H4Br2Cl2. The lowest BCUT2D eigenvalue weighted by Crippen LogP contribution is -2.15. The predicted octanol–water partition coefficient (Wildman–Crippen LogP) is 2.95. The minimum Gasteiger partial charge on any atom is -0.0998 e. The number of hydrogen-bond donors (Lipinski definition) is 0. The smallest absolute Gasteiger partial charge is 0.0998 e. The first-order valence-electron chi connectivity index (χ1n) is 1.62. The maximum Gasteiger partial charge on any atom is 0.137 e. The first-order valence-corrected chi connectivity index (χ1v) is 4.62. The van der Waals surface area contributed by atoms with E-state index in [2.05, 4.69) is 31.9 Å². The molecule has 7 heavy (non-hydrogen) atoms. The van der Waals surface area contributed by atoms with E-state index in [1.165, 1.54) is 0 Å². The van der Waals surface area contributed by atoms with Crippen LogP contribution in [0.3, 0.4) is 0 Å². The molecule has 0 spiro atoms. The zero-order valence-electron chi connectivity index (χ0n) is 3.43. The molecule has 0 saturated carbocycles. The number of alkyl halides is 4. The van der Waals surface area contributed by atoms with Gasteiger partial charge in [-0.2, -0.15) is 0 Å². The minimum atomic E-state index is -0.639. The van der Waals surface area contributed by atoms with E-state index in [0.717, 1.165) is 0 Å². The molecule has 0 bridgehead atoms. The Balaban J connectivity index is 3.36. The van der Waals surface area contributed by atoms with Gasteiger partial charge in [0.25, 0.3) is 0 Å². The third kappa shape index (κ3) is 4.07. The van der Waals surface area contributed by atoms with Crippen LogP contribution in [0.15, 0.2) is 0 Å². The monoisotopic (exact) mass is 268 g/mol. The molecule has 44 valence electrons. The molecule has 0 saturated heterocycles. The van der Waals surface area contributed by atoms with Crippen LogP contribution < -0.4 is 0 Å². The van der Waals surface area contributed by atoms with Gasteiger partial charge in [-0.05, 0) is 0 Å². The maximum absolute atomic E-state index is 5.58. The van der Waals surface area contributed by atoms with E-state index in [1.807, 2.05) is 0 Å². The molecule has 0 unspecified atom stereocenters. The molecule has 0 aromatic rings. The molecule has 0 aromatic heterocycles. The highest BCUT2D eigenvalue weighted by Gasteiger charge is 2.19. The van der Waals surface area contributed by atoms with Crippen LogP contribution in [-0.2, 0) is 0 Å². The summed E-state index contributed by atoms with van der Waals surface area (Å²) in [5, 5.41) is 1.18. The van der Waals surface area contributed by atoms with Gasteiger partial charge in [0.15, 0.2) is 0 Å². The van der Waals surface area contributed by atoms with E-state index in [9.17, 15) is 0 Å². The van der Waals surface area contributed by atoms with Gasteiger partial charge in [-0.25, -0.2) is 0 Å². The number of halogens is 4. The van der Waals surface area contributed by atoms with Gasteiger partial charge in [-0.3, -0.25) is 0 Å². The Kier molecular flexibility index (Phi) is 4.32. The summed E-state index contributed by atoms with van der Waals surface area (Å²) in [7, 11) is 0. The van der Waals surface area contributed by atoms with E-state index < -0.39 is 4.33 Å². The standard InChI is InChI=1S/C3H4Br2Cl2/c4-1-3(6,7)2-5/h1-2H2. The SMILES string of the molecule is ClC(Cl)(CBr)CBr. The lowest BCUT2D eigenvalue weighted by atomic mass is 10.5. The Labute approximate surface area is 69.8 Å². The van der Waals surface area contributed by atoms with Crippen molar-refractivity contribution < 1.29 is 0 Å². The Morgan fingerprint density at radius 1 is 1.14 bits per heavy atom. The highest BCUT2D eigenvalue weighted by Crippen LogP contribution is 2.24. The van der Waals surface area contributed by atoms with Crippen molar-refractivity contribution in [2.45, 2.75) is 4.33 Å². The quantitative estimate of drug-likeness (QED) is 0.677. The average Bonchev–Trinajstić information content (AvgIpc) is 1.68. The summed E-state index contributed by atoms with van der Waals surface area (Å²) in [6.45, 7) is 0. The Morgan fingerprint density at radius 2 is 1.43 bits per heavy atom. The van der Waals surface area contributed by atoms with Crippen LogP contribution in [0, 0.1) is 0 Å². The maximum atomic E-state index is 5.58. The molecule has 0 radical (unpaired) electrons. The molecule has 0 aromatic carbocycles. The van der Waals surface area contributed by atoms with Crippen LogP contribution in [0.1, 0.15) is 0 Å². The first-order chi connectivity index (χ1) is 3.12. The van der Waals surface area contributed by atoms with Gasteiger partial charge in [-0.1, -0.05) is 55.1 Å². The van der Waals surface area contributed by atoms with Crippen molar-refractivity contribution in [3.05, 3.63) is 0 Å². The van der Waals surface area contributed by atoms with Crippen molar-refractivity contribution in [3.63, 3.8) is 0 Å². The molecule has 0 rings (SSSR count). The lowest BCUT2D eigenvalue weighted by Gasteiger charge is -2.09. The molecule has 0 nitrogen and oxygen atoms in total. The third-order valence-corrected chi connectivity index (χ3v) is 4.13. The molecule has 4 heteroatoms. The van der Waals surface area contributed by atoms with Crippen LogP contribution in [0.5, 0.6) is 0 Å². The lowest BCUT2D eigenvalue weighted by molar-refractivity contribution is 1.05. The predicted molar refractivity (Wildman–Crippen MR) is 42.0 cm³/mol. The molecule has 0 atom stereocenters. The fourth-order valence-corrected chi connectivity index (χ4v) is 0.964. The topological polar surface area (TPSA) is 0 Å². The van der Waals surface area contributed by atoms with Gasteiger partial charge in [-0.15, -0.1) is 0 Å². The summed E-state index contributed by atoms with van der Waals surface area (Å²) in [6, 6.07) is 0. The summed E-state index contributed by atoms with van der Waals surface area (Å²) >= 11 is 17.4. The molecule has 0 heterocycles. The van der Waals surface area contributed by atoms with Gasteiger partial charge in [0.05, 0.1) is 0 Å². The summed E-state index contributed by atoms with van der Waals surface area (Å²) in [6.07, 6.45) is 0. The van der Waals surface area contributed by atoms with Crippen LogP contribution >= 0.6 is 55.1 Å². The number of hydrogen-bond acceptors (Lipinski definition) is 0. The fourth-order valence-electron chi connectivity index (χ4n) is 0.0357. The van der Waals surface area contributed by atoms with Crippen molar-refractivity contribution in [2.75, 3.05) is 10.7 Å². The average molecular weight is 271 g/mol. The van der Waals surface area contributed by atoms with E-state index in [1.54, 1.807) is 0 Å². The highest BCUT2D eigenvalue weighted by molar-refractivity contribution is 9.10. The van der Waals surface area contributed by atoms with E-state index >= 15 is 0 Å². The Morgan fingerprint density at radius 3 is 1.43 bits per heavy atom. The third-order valence-electron chi connectivity index (χ3n) is 0.391.